The third-order valence-electron chi connectivity index (χ3n) is 8.02. The highest BCUT2D eigenvalue weighted by molar-refractivity contribution is 5.84. The molecule has 5 heteroatoms. The van der Waals surface area contributed by atoms with Crippen molar-refractivity contribution in [2.75, 3.05) is 41.0 Å². The van der Waals surface area contributed by atoms with E-state index in [4.69, 9.17) is 14.2 Å². The number of carbonyl (C=O) groups is 1. The molecule has 0 N–H and O–H groups in total. The van der Waals surface area contributed by atoms with Gasteiger partial charge in [0, 0.05) is 30.0 Å². The summed E-state index contributed by atoms with van der Waals surface area (Å²) in [5, 5.41) is 0. The molecule has 0 aliphatic carbocycles. The second-order valence-corrected chi connectivity index (χ2v) is 10.9. The number of nitrogens with zero attached hydrogens (tertiary/aromatic N) is 1. The summed E-state index contributed by atoms with van der Waals surface area (Å²) in [6.45, 7) is 5.67. The molecule has 1 aromatic rings. The Balaban J connectivity index is 1.88. The Kier molecular flexibility index (Phi) is 16.4. The number of unbranched alkanes of at least 4 members (excludes halogenated alkanes) is 10. The molecular weight excluding hydrogens is 462 g/mol. The lowest BCUT2D eigenvalue weighted by Gasteiger charge is -2.28. The normalized spacial score (nSPS) is 14.9. The van der Waals surface area contributed by atoms with E-state index in [1.165, 1.54) is 96.6 Å². The fraction of sp³-hybridized carbons (Fsp3) is 0.781. The van der Waals surface area contributed by atoms with E-state index in [0.29, 0.717) is 29.5 Å². The molecule has 0 radical (unpaired) electrons. The molecule has 0 amide bonds. The van der Waals surface area contributed by atoms with Crippen molar-refractivity contribution in [2.45, 2.75) is 116 Å². The number of ketones is 1. The molecule has 2 rings (SSSR count). The van der Waals surface area contributed by atoms with Crippen LogP contribution >= 0.6 is 0 Å². The summed E-state index contributed by atoms with van der Waals surface area (Å²) < 4.78 is 16.6. The van der Waals surface area contributed by atoms with Gasteiger partial charge in [-0.25, -0.2) is 0 Å². The Morgan fingerprint density at radius 3 is 1.81 bits per heavy atom. The third-order valence-corrected chi connectivity index (χ3v) is 8.02. The van der Waals surface area contributed by atoms with Crippen LogP contribution in [0, 0.1) is 5.92 Å². The Labute approximate surface area is 227 Å². The summed E-state index contributed by atoms with van der Waals surface area (Å²) in [6.07, 6.45) is 20.9. The van der Waals surface area contributed by atoms with Crippen LogP contribution in [0.15, 0.2) is 12.1 Å². The molecule has 1 aliphatic rings. The number of hydrogen-bond donors (Lipinski definition) is 0. The van der Waals surface area contributed by atoms with Gasteiger partial charge in [0.1, 0.15) is 23.0 Å². The maximum Gasteiger partial charge on any atom is 0.140 e. The van der Waals surface area contributed by atoms with Gasteiger partial charge in [0.25, 0.3) is 0 Å². The lowest BCUT2D eigenvalue weighted by molar-refractivity contribution is -0.122. The molecule has 0 bridgehead atoms. The smallest absolute Gasteiger partial charge is 0.140 e. The molecule has 1 unspecified atom stereocenters. The number of hydrogen-bond acceptors (Lipinski definition) is 5. The second kappa shape index (κ2) is 19.3. The first-order chi connectivity index (χ1) is 18.1. The predicted molar refractivity (Wildman–Crippen MR) is 154 cm³/mol. The summed E-state index contributed by atoms with van der Waals surface area (Å²) in [7, 11) is 4.91. The van der Waals surface area contributed by atoms with Crippen molar-refractivity contribution in [3.63, 3.8) is 0 Å². The Bertz CT molecular complexity index is 719. The van der Waals surface area contributed by atoms with Gasteiger partial charge in [-0.2, -0.15) is 0 Å². The molecule has 1 saturated heterocycles. The molecule has 1 heterocycles. The van der Waals surface area contributed by atoms with E-state index in [0.717, 1.165) is 31.4 Å². The van der Waals surface area contributed by atoms with E-state index in [9.17, 15) is 4.79 Å². The van der Waals surface area contributed by atoms with Crippen LogP contribution in [0.4, 0.5) is 0 Å². The number of likely N-dealkylation sites (tertiary alicyclic amines) is 1. The van der Waals surface area contributed by atoms with E-state index in [1.54, 1.807) is 21.3 Å². The van der Waals surface area contributed by atoms with Gasteiger partial charge >= 0.3 is 0 Å². The molecular formula is C32H55NO4. The molecule has 5 nitrogen and oxygen atoms in total. The van der Waals surface area contributed by atoms with Crippen molar-refractivity contribution in [3.8, 4) is 17.2 Å². The van der Waals surface area contributed by atoms with Gasteiger partial charge < -0.3 is 19.1 Å². The fourth-order valence-corrected chi connectivity index (χ4v) is 5.61. The monoisotopic (exact) mass is 517 g/mol. The van der Waals surface area contributed by atoms with Crippen molar-refractivity contribution in [2.24, 2.45) is 5.92 Å². The van der Waals surface area contributed by atoms with Crippen LogP contribution in [0.5, 0.6) is 17.2 Å². The van der Waals surface area contributed by atoms with Gasteiger partial charge in [-0.3, -0.25) is 4.79 Å². The maximum absolute atomic E-state index is 13.6. The summed E-state index contributed by atoms with van der Waals surface area (Å²) in [6, 6.07) is 3.69. The van der Waals surface area contributed by atoms with Crippen molar-refractivity contribution < 1.29 is 19.0 Å². The highest BCUT2D eigenvalue weighted by atomic mass is 16.5. The van der Waals surface area contributed by atoms with E-state index >= 15 is 0 Å². The third kappa shape index (κ3) is 12.1. The second-order valence-electron chi connectivity index (χ2n) is 10.9. The Hall–Kier alpha value is -1.75. The van der Waals surface area contributed by atoms with Crippen LogP contribution in [-0.2, 0) is 11.2 Å². The number of Topliss-reactive ketones (excluding diaryl/α,β-unsaturated/α-hetero) is 1. The topological polar surface area (TPSA) is 48.0 Å². The number of piperidine rings is 1. The van der Waals surface area contributed by atoms with Gasteiger partial charge in [0.05, 0.1) is 21.3 Å². The van der Waals surface area contributed by atoms with Crippen molar-refractivity contribution in [1.29, 1.82) is 0 Å². The van der Waals surface area contributed by atoms with E-state index in [1.807, 2.05) is 12.1 Å². The summed E-state index contributed by atoms with van der Waals surface area (Å²) in [5.41, 5.74) is 0.831. The number of benzene rings is 1. The lowest BCUT2D eigenvalue weighted by Crippen LogP contribution is -2.33. The van der Waals surface area contributed by atoms with Crippen LogP contribution in [0.2, 0.25) is 0 Å². The molecule has 1 fully saturated rings. The number of rotatable bonds is 21. The quantitative estimate of drug-likeness (QED) is 0.155. The molecule has 0 aromatic heterocycles. The minimum absolute atomic E-state index is 0.0945. The molecule has 0 saturated carbocycles. The average molecular weight is 518 g/mol. The molecule has 37 heavy (non-hydrogen) atoms. The summed E-state index contributed by atoms with van der Waals surface area (Å²) in [5.74, 6) is 2.40. The average Bonchev–Trinajstić information content (AvgIpc) is 2.93. The van der Waals surface area contributed by atoms with Gasteiger partial charge in [-0.15, -0.1) is 0 Å². The van der Waals surface area contributed by atoms with Gasteiger partial charge in [0.2, 0.25) is 0 Å². The fourth-order valence-electron chi connectivity index (χ4n) is 5.61. The first-order valence-electron chi connectivity index (χ1n) is 15.2. The SMILES string of the molecule is CCCCCCCCCCCCCC(CCN1CCCCC1)C(=O)Cc1c(OC)cc(OC)cc1OC. The van der Waals surface area contributed by atoms with Crippen LogP contribution < -0.4 is 14.2 Å². The summed E-state index contributed by atoms with van der Waals surface area (Å²) in [4.78, 5) is 16.2. The lowest BCUT2D eigenvalue weighted by atomic mass is 9.89. The minimum Gasteiger partial charge on any atom is -0.496 e. The zero-order chi connectivity index (χ0) is 26.7. The Morgan fingerprint density at radius 1 is 0.757 bits per heavy atom. The number of ether oxygens (including phenoxy) is 3. The molecule has 0 spiro atoms. The van der Waals surface area contributed by atoms with Crippen LogP contribution in [0.3, 0.4) is 0 Å². The first kappa shape index (κ1) is 31.5. The van der Waals surface area contributed by atoms with Crippen molar-refractivity contribution >= 4 is 5.78 Å². The highest BCUT2D eigenvalue weighted by Crippen LogP contribution is 2.35. The van der Waals surface area contributed by atoms with Crippen molar-refractivity contribution in [1.82, 2.24) is 4.90 Å². The van der Waals surface area contributed by atoms with E-state index in [-0.39, 0.29) is 5.92 Å². The maximum atomic E-state index is 13.6. The highest BCUT2D eigenvalue weighted by Gasteiger charge is 2.24. The van der Waals surface area contributed by atoms with Crippen molar-refractivity contribution in [3.05, 3.63) is 17.7 Å². The van der Waals surface area contributed by atoms with Crippen LogP contribution in [0.25, 0.3) is 0 Å². The first-order valence-corrected chi connectivity index (χ1v) is 15.2. The number of carbonyl (C=O) groups excluding carboxylic acids is 1. The van der Waals surface area contributed by atoms with Crippen LogP contribution in [0.1, 0.15) is 115 Å². The largest absolute Gasteiger partial charge is 0.496 e. The zero-order valence-corrected chi connectivity index (χ0v) is 24.5. The van der Waals surface area contributed by atoms with Gasteiger partial charge in [0.15, 0.2) is 0 Å². The van der Waals surface area contributed by atoms with Crippen LogP contribution in [-0.4, -0.2) is 51.6 Å². The molecule has 212 valence electrons. The minimum atomic E-state index is 0.0945. The van der Waals surface area contributed by atoms with E-state index in [2.05, 4.69) is 11.8 Å². The molecule has 1 aliphatic heterocycles. The predicted octanol–water partition coefficient (Wildman–Crippen LogP) is 8.02. The summed E-state index contributed by atoms with van der Waals surface area (Å²) >= 11 is 0. The zero-order valence-electron chi connectivity index (χ0n) is 24.5. The van der Waals surface area contributed by atoms with E-state index < -0.39 is 0 Å². The van der Waals surface area contributed by atoms with Gasteiger partial charge in [-0.1, -0.05) is 84.0 Å². The number of methoxy groups -OCH3 is 3. The molecule has 1 aromatic carbocycles. The Morgan fingerprint density at radius 2 is 1.30 bits per heavy atom. The van der Waals surface area contributed by atoms with Gasteiger partial charge in [-0.05, 0) is 45.3 Å². The standard InChI is InChI=1S/C32H55NO4/c1-5-6-7-8-9-10-11-12-13-14-16-19-27(20-23-33-21-17-15-18-22-33)30(34)26-29-31(36-3)24-28(35-2)25-32(29)37-4/h24-25,27H,5-23,26H2,1-4H3. The molecule has 1 atom stereocenters.